The summed E-state index contributed by atoms with van der Waals surface area (Å²) in [6.45, 7) is 4.40. The van der Waals surface area contributed by atoms with Gasteiger partial charge in [0.05, 0.1) is 17.8 Å². The summed E-state index contributed by atoms with van der Waals surface area (Å²) >= 11 is 6.03. The maximum Gasteiger partial charge on any atom is 0.323 e. The third kappa shape index (κ3) is 3.12. The first-order valence-electron chi connectivity index (χ1n) is 7.95. The van der Waals surface area contributed by atoms with Crippen molar-refractivity contribution in [2.24, 2.45) is 0 Å². The molecule has 0 bridgehead atoms. The number of halogens is 1. The topological polar surface area (TPSA) is 70.4 Å². The Morgan fingerprint density at radius 2 is 2.25 bits per heavy atom. The second-order valence-electron chi connectivity index (χ2n) is 6.40. The van der Waals surface area contributed by atoms with Crippen LogP contribution in [0.15, 0.2) is 30.3 Å². The van der Waals surface area contributed by atoms with Crippen LogP contribution < -0.4 is 5.32 Å². The number of nitrogens with zero attached hydrogens (tertiary/aromatic N) is 3. The van der Waals surface area contributed by atoms with Crippen LogP contribution in [0.4, 0.5) is 10.6 Å². The predicted octanol–water partition coefficient (Wildman–Crippen LogP) is 3.21. The van der Waals surface area contributed by atoms with E-state index >= 15 is 0 Å². The van der Waals surface area contributed by atoms with E-state index in [4.69, 9.17) is 11.6 Å². The van der Waals surface area contributed by atoms with Crippen molar-refractivity contribution in [2.75, 3.05) is 18.5 Å². The SMILES string of the molecule is Cc1cc(NC(=O)N2CCC[C@]2(C)CO)nn1-c1cccc(Cl)c1. The Labute approximate surface area is 146 Å². The normalized spacial score (nSPS) is 20.4. The highest BCUT2D eigenvalue weighted by Crippen LogP contribution is 2.29. The van der Waals surface area contributed by atoms with Gasteiger partial charge in [0.25, 0.3) is 0 Å². The second-order valence-corrected chi connectivity index (χ2v) is 6.84. The number of urea groups is 1. The molecule has 1 aromatic carbocycles. The largest absolute Gasteiger partial charge is 0.394 e. The van der Waals surface area contributed by atoms with E-state index < -0.39 is 5.54 Å². The van der Waals surface area contributed by atoms with Crippen molar-refractivity contribution in [3.05, 3.63) is 41.0 Å². The van der Waals surface area contributed by atoms with Crippen molar-refractivity contribution >= 4 is 23.4 Å². The molecule has 1 fully saturated rings. The minimum absolute atomic E-state index is 0.0452. The zero-order valence-corrected chi connectivity index (χ0v) is 14.5. The molecule has 1 atom stereocenters. The van der Waals surface area contributed by atoms with Crippen LogP contribution in [-0.2, 0) is 0 Å². The Kier molecular flexibility index (Phi) is 4.51. The number of anilines is 1. The van der Waals surface area contributed by atoms with Gasteiger partial charge in [0.1, 0.15) is 0 Å². The Morgan fingerprint density at radius 1 is 1.46 bits per heavy atom. The van der Waals surface area contributed by atoms with Gasteiger partial charge in [-0.25, -0.2) is 9.48 Å². The summed E-state index contributed by atoms with van der Waals surface area (Å²) < 4.78 is 1.73. The highest BCUT2D eigenvalue weighted by atomic mass is 35.5. The standard InChI is InChI=1S/C17H21ClN4O2/c1-12-9-15(20-22(12)14-6-3-5-13(18)10-14)19-16(24)21-8-4-7-17(21,2)11-23/h3,5-6,9-10,23H,4,7-8,11H2,1-2H3,(H,19,20,24)/t17-/m1/s1. The van der Waals surface area contributed by atoms with Gasteiger partial charge in [0, 0.05) is 23.3 Å². The molecule has 2 aromatic rings. The number of hydrogen-bond acceptors (Lipinski definition) is 3. The summed E-state index contributed by atoms with van der Waals surface area (Å²) in [5.74, 6) is 0.477. The first kappa shape index (κ1) is 16.8. The van der Waals surface area contributed by atoms with Gasteiger partial charge in [0.15, 0.2) is 5.82 Å². The molecule has 1 aliphatic rings. The number of carbonyl (C=O) groups is 1. The highest BCUT2D eigenvalue weighted by molar-refractivity contribution is 6.30. The highest BCUT2D eigenvalue weighted by Gasteiger charge is 2.39. The van der Waals surface area contributed by atoms with E-state index in [1.807, 2.05) is 38.1 Å². The molecule has 2 N–H and O–H groups in total. The van der Waals surface area contributed by atoms with Crippen molar-refractivity contribution < 1.29 is 9.90 Å². The third-order valence-electron chi connectivity index (χ3n) is 4.51. The first-order valence-corrected chi connectivity index (χ1v) is 8.33. The first-order chi connectivity index (χ1) is 11.4. The van der Waals surface area contributed by atoms with Crippen LogP contribution in [-0.4, -0.2) is 44.5 Å². The minimum Gasteiger partial charge on any atom is -0.394 e. The zero-order valence-electron chi connectivity index (χ0n) is 13.8. The number of rotatable bonds is 3. The summed E-state index contributed by atoms with van der Waals surface area (Å²) in [7, 11) is 0. The number of aliphatic hydroxyl groups is 1. The van der Waals surface area contributed by atoms with Crippen LogP contribution in [0.1, 0.15) is 25.5 Å². The predicted molar refractivity (Wildman–Crippen MR) is 93.8 cm³/mol. The molecule has 1 aliphatic heterocycles. The van der Waals surface area contributed by atoms with E-state index in [-0.39, 0.29) is 12.6 Å². The number of likely N-dealkylation sites (tertiary alicyclic amines) is 1. The van der Waals surface area contributed by atoms with Gasteiger partial charge in [-0.05, 0) is 44.9 Å². The number of aliphatic hydroxyl groups excluding tert-OH is 1. The lowest BCUT2D eigenvalue weighted by Gasteiger charge is -2.33. The maximum absolute atomic E-state index is 12.5. The Hall–Kier alpha value is -2.05. The van der Waals surface area contributed by atoms with E-state index in [1.54, 1.807) is 15.6 Å². The molecular formula is C17H21ClN4O2. The molecule has 24 heavy (non-hydrogen) atoms. The molecule has 3 rings (SSSR count). The Balaban J connectivity index is 1.79. The number of nitrogens with one attached hydrogen (secondary N) is 1. The molecule has 0 aliphatic carbocycles. The van der Waals surface area contributed by atoms with Gasteiger partial charge in [-0.1, -0.05) is 17.7 Å². The van der Waals surface area contributed by atoms with Crippen LogP contribution in [0, 0.1) is 6.92 Å². The lowest BCUT2D eigenvalue weighted by atomic mass is 10.0. The molecule has 1 saturated heterocycles. The summed E-state index contributed by atoms with van der Waals surface area (Å²) in [5, 5.41) is 17.5. The van der Waals surface area contributed by atoms with Gasteiger partial charge in [-0.3, -0.25) is 5.32 Å². The molecule has 6 nitrogen and oxygen atoms in total. The molecular weight excluding hydrogens is 328 g/mol. The average Bonchev–Trinajstić information content (AvgIpc) is 3.11. The van der Waals surface area contributed by atoms with Crippen LogP contribution in [0.5, 0.6) is 0 Å². The van der Waals surface area contributed by atoms with Gasteiger partial charge >= 0.3 is 6.03 Å². The molecule has 7 heteroatoms. The van der Waals surface area contributed by atoms with E-state index in [9.17, 15) is 9.90 Å². The summed E-state index contributed by atoms with van der Waals surface area (Å²) in [5.41, 5.74) is 1.22. The number of amides is 2. The summed E-state index contributed by atoms with van der Waals surface area (Å²) in [6, 6.07) is 8.95. The van der Waals surface area contributed by atoms with Gasteiger partial charge in [-0.2, -0.15) is 0 Å². The van der Waals surface area contributed by atoms with Crippen molar-refractivity contribution in [1.82, 2.24) is 14.7 Å². The van der Waals surface area contributed by atoms with Crippen LogP contribution in [0.2, 0.25) is 5.02 Å². The molecule has 0 unspecified atom stereocenters. The average molecular weight is 349 g/mol. The fraction of sp³-hybridized carbons (Fsp3) is 0.412. The fourth-order valence-electron chi connectivity index (χ4n) is 3.12. The lowest BCUT2D eigenvalue weighted by Crippen LogP contribution is -2.49. The van der Waals surface area contributed by atoms with Crippen molar-refractivity contribution in [1.29, 1.82) is 0 Å². The minimum atomic E-state index is -0.505. The molecule has 1 aromatic heterocycles. The number of carbonyl (C=O) groups excluding carboxylic acids is 1. The van der Waals surface area contributed by atoms with Crippen molar-refractivity contribution in [2.45, 2.75) is 32.2 Å². The molecule has 0 saturated carbocycles. The number of hydrogen-bond donors (Lipinski definition) is 2. The number of aryl methyl sites for hydroxylation is 1. The smallest absolute Gasteiger partial charge is 0.323 e. The van der Waals surface area contributed by atoms with E-state index in [2.05, 4.69) is 10.4 Å². The second kappa shape index (κ2) is 6.45. The fourth-order valence-corrected chi connectivity index (χ4v) is 3.30. The van der Waals surface area contributed by atoms with Crippen LogP contribution in [0.3, 0.4) is 0 Å². The monoisotopic (exact) mass is 348 g/mol. The third-order valence-corrected chi connectivity index (χ3v) is 4.74. The molecule has 2 heterocycles. The van der Waals surface area contributed by atoms with E-state index in [1.165, 1.54) is 0 Å². The van der Waals surface area contributed by atoms with Crippen molar-refractivity contribution in [3.63, 3.8) is 0 Å². The summed E-state index contributed by atoms with van der Waals surface area (Å²) in [4.78, 5) is 14.2. The van der Waals surface area contributed by atoms with Gasteiger partial charge in [0.2, 0.25) is 0 Å². The molecule has 0 radical (unpaired) electrons. The Bertz CT molecular complexity index is 761. The zero-order chi connectivity index (χ0) is 17.3. The van der Waals surface area contributed by atoms with Gasteiger partial charge in [-0.15, -0.1) is 5.10 Å². The van der Waals surface area contributed by atoms with Crippen LogP contribution in [0.25, 0.3) is 5.69 Å². The maximum atomic E-state index is 12.5. The summed E-state index contributed by atoms with van der Waals surface area (Å²) in [6.07, 6.45) is 1.69. The molecule has 128 valence electrons. The number of aromatic nitrogens is 2. The van der Waals surface area contributed by atoms with Crippen LogP contribution >= 0.6 is 11.6 Å². The molecule has 2 amide bonds. The van der Waals surface area contributed by atoms with Crippen molar-refractivity contribution in [3.8, 4) is 5.69 Å². The van der Waals surface area contributed by atoms with E-state index in [0.717, 1.165) is 24.2 Å². The van der Waals surface area contributed by atoms with E-state index in [0.29, 0.717) is 17.4 Å². The Morgan fingerprint density at radius 3 is 2.96 bits per heavy atom. The van der Waals surface area contributed by atoms with Gasteiger partial charge < -0.3 is 10.0 Å². The number of benzene rings is 1. The quantitative estimate of drug-likeness (QED) is 0.894. The lowest BCUT2D eigenvalue weighted by molar-refractivity contribution is 0.104. The molecule has 0 spiro atoms.